The summed E-state index contributed by atoms with van der Waals surface area (Å²) < 4.78 is 21.8. The lowest BCUT2D eigenvalue weighted by molar-refractivity contribution is -0.111. The van der Waals surface area contributed by atoms with Crippen molar-refractivity contribution in [1.82, 2.24) is 0 Å². The summed E-state index contributed by atoms with van der Waals surface area (Å²) in [4.78, 5) is 25.0. The Kier molecular flexibility index (Phi) is 3.80. The highest BCUT2D eigenvalue weighted by Crippen LogP contribution is 2.53. The van der Waals surface area contributed by atoms with E-state index in [2.05, 4.69) is 0 Å². The largest absolute Gasteiger partial charge is 0.496 e. The third-order valence-electron chi connectivity index (χ3n) is 4.15. The second kappa shape index (κ2) is 5.56. The number of fused-ring (bicyclic) bond motifs is 1. The maximum absolute atomic E-state index is 13.2. The quantitative estimate of drug-likeness (QED) is 0.834. The van der Waals surface area contributed by atoms with Gasteiger partial charge in [-0.05, 0) is 18.6 Å². The molecule has 0 fully saturated rings. The van der Waals surface area contributed by atoms with E-state index in [1.807, 2.05) is 0 Å². The van der Waals surface area contributed by atoms with E-state index in [1.54, 1.807) is 6.92 Å². The zero-order valence-corrected chi connectivity index (χ0v) is 14.3. The smallest absolute Gasteiger partial charge is 0.249 e. The summed E-state index contributed by atoms with van der Waals surface area (Å²) in [7, 11) is 4.25. The van der Waals surface area contributed by atoms with E-state index in [0.717, 1.165) is 0 Å². The molecule has 0 unspecified atom stereocenters. The summed E-state index contributed by atoms with van der Waals surface area (Å²) in [6.07, 6.45) is 2.57. The number of hydrogen-bond acceptors (Lipinski definition) is 6. The van der Waals surface area contributed by atoms with Gasteiger partial charge in [0.15, 0.2) is 17.3 Å². The molecule has 7 heteroatoms. The molecule has 0 saturated heterocycles. The minimum atomic E-state index is -1.56. The fraction of sp³-hybridized carbons (Fsp3) is 0.294. The van der Waals surface area contributed by atoms with Gasteiger partial charge in [0.1, 0.15) is 22.1 Å². The maximum Gasteiger partial charge on any atom is 0.249 e. The lowest BCUT2D eigenvalue weighted by atomic mass is 9.82. The molecule has 126 valence electrons. The predicted molar refractivity (Wildman–Crippen MR) is 86.1 cm³/mol. The molecule has 1 heterocycles. The molecule has 0 bridgehead atoms. The number of carbonyl (C=O) groups is 2. The van der Waals surface area contributed by atoms with Crippen molar-refractivity contribution in [2.45, 2.75) is 12.5 Å². The van der Waals surface area contributed by atoms with Crippen molar-refractivity contribution >= 4 is 23.2 Å². The second-order valence-corrected chi connectivity index (χ2v) is 5.73. The van der Waals surface area contributed by atoms with Crippen LogP contribution in [0.3, 0.4) is 0 Å². The maximum atomic E-state index is 13.2. The lowest BCUT2D eigenvalue weighted by Crippen LogP contribution is -2.46. The van der Waals surface area contributed by atoms with Gasteiger partial charge >= 0.3 is 0 Å². The molecule has 0 aromatic heterocycles. The zero-order valence-electron chi connectivity index (χ0n) is 13.6. The molecule has 0 saturated carbocycles. The van der Waals surface area contributed by atoms with Crippen LogP contribution in [0.15, 0.2) is 29.6 Å². The monoisotopic (exact) mass is 350 g/mol. The fourth-order valence-electron chi connectivity index (χ4n) is 2.99. The number of benzene rings is 1. The van der Waals surface area contributed by atoms with Crippen molar-refractivity contribution in [3.63, 3.8) is 0 Å². The third-order valence-corrected chi connectivity index (χ3v) is 4.51. The Morgan fingerprint density at radius 3 is 2.29 bits per heavy atom. The molecule has 1 aliphatic carbocycles. The molecular formula is C17H15ClO6. The topological polar surface area (TPSA) is 71.1 Å². The molecule has 1 atom stereocenters. The predicted octanol–water partition coefficient (Wildman–Crippen LogP) is 2.73. The molecule has 3 rings (SSSR count). The Balaban J connectivity index is 2.28. The van der Waals surface area contributed by atoms with Crippen molar-refractivity contribution < 1.29 is 28.5 Å². The minimum absolute atomic E-state index is 0.103. The van der Waals surface area contributed by atoms with Crippen LogP contribution in [0.25, 0.3) is 0 Å². The van der Waals surface area contributed by atoms with Crippen molar-refractivity contribution in [2.24, 2.45) is 0 Å². The van der Waals surface area contributed by atoms with Gasteiger partial charge in [-0.25, -0.2) is 0 Å². The first-order valence-electron chi connectivity index (χ1n) is 7.07. The fourth-order valence-corrected chi connectivity index (χ4v) is 3.26. The molecule has 6 nitrogen and oxygen atoms in total. The van der Waals surface area contributed by atoms with Gasteiger partial charge in [0, 0.05) is 12.1 Å². The number of carbonyl (C=O) groups excluding carboxylic acids is 2. The Morgan fingerprint density at radius 1 is 1.04 bits per heavy atom. The number of halogens is 1. The minimum Gasteiger partial charge on any atom is -0.496 e. The SMILES string of the molecule is COC1=CC(=O)C=C(C)[C@]12Oc1c(Cl)c(OC)cc(OC)c1C2=O. The number of ether oxygens (including phenoxy) is 4. The number of methoxy groups -OCH3 is 3. The van der Waals surface area contributed by atoms with Gasteiger partial charge in [-0.3, -0.25) is 9.59 Å². The van der Waals surface area contributed by atoms with Crippen LogP contribution < -0.4 is 14.2 Å². The van der Waals surface area contributed by atoms with E-state index in [-0.39, 0.29) is 33.6 Å². The summed E-state index contributed by atoms with van der Waals surface area (Å²) in [5.41, 5.74) is -0.965. The van der Waals surface area contributed by atoms with E-state index in [0.29, 0.717) is 11.3 Å². The summed E-state index contributed by atoms with van der Waals surface area (Å²) in [5.74, 6) is 0.141. The van der Waals surface area contributed by atoms with Crippen LogP contribution in [0, 0.1) is 0 Å². The van der Waals surface area contributed by atoms with E-state index in [9.17, 15) is 9.59 Å². The van der Waals surface area contributed by atoms with Crippen LogP contribution in [0.4, 0.5) is 0 Å². The second-order valence-electron chi connectivity index (χ2n) is 5.35. The molecule has 0 radical (unpaired) electrons. The van der Waals surface area contributed by atoms with Crippen molar-refractivity contribution in [1.29, 1.82) is 0 Å². The first-order valence-corrected chi connectivity index (χ1v) is 7.45. The Labute approximate surface area is 143 Å². The zero-order chi connectivity index (χ0) is 17.6. The highest BCUT2D eigenvalue weighted by molar-refractivity contribution is 6.35. The van der Waals surface area contributed by atoms with E-state index in [1.165, 1.54) is 39.5 Å². The lowest BCUT2D eigenvalue weighted by Gasteiger charge is -2.31. The van der Waals surface area contributed by atoms with Gasteiger partial charge in [0.2, 0.25) is 11.4 Å². The molecule has 24 heavy (non-hydrogen) atoms. The molecule has 0 N–H and O–H groups in total. The highest BCUT2D eigenvalue weighted by Gasteiger charge is 2.57. The molecule has 1 spiro atoms. The van der Waals surface area contributed by atoms with Crippen LogP contribution >= 0.6 is 11.6 Å². The number of ketones is 2. The van der Waals surface area contributed by atoms with Crippen molar-refractivity contribution in [3.8, 4) is 17.2 Å². The van der Waals surface area contributed by atoms with Crippen LogP contribution in [-0.4, -0.2) is 38.5 Å². The van der Waals surface area contributed by atoms with Crippen LogP contribution in [0.5, 0.6) is 17.2 Å². The summed E-state index contributed by atoms with van der Waals surface area (Å²) in [6.45, 7) is 1.63. The third kappa shape index (κ3) is 1.96. The Morgan fingerprint density at radius 2 is 1.71 bits per heavy atom. The Hall–Kier alpha value is -2.47. The van der Waals surface area contributed by atoms with Crippen LogP contribution in [0.1, 0.15) is 17.3 Å². The standard InChI is InChI=1S/C17H15ClO6/c1-8-5-9(19)6-12(23-4)17(8)16(20)13-10(21-2)7-11(22-3)14(18)15(13)24-17/h5-7H,1-4H3/t17-/m0/s1. The molecule has 0 amide bonds. The van der Waals surface area contributed by atoms with Crippen LogP contribution in [0.2, 0.25) is 5.02 Å². The van der Waals surface area contributed by atoms with Crippen molar-refractivity contribution in [3.05, 3.63) is 40.1 Å². The average molecular weight is 351 g/mol. The van der Waals surface area contributed by atoms with Gasteiger partial charge in [-0.2, -0.15) is 0 Å². The number of hydrogen-bond donors (Lipinski definition) is 0. The molecular weight excluding hydrogens is 336 g/mol. The molecule has 1 aromatic carbocycles. The Bertz CT molecular complexity index is 823. The first-order chi connectivity index (χ1) is 11.4. The van der Waals surface area contributed by atoms with Crippen LogP contribution in [-0.2, 0) is 9.53 Å². The van der Waals surface area contributed by atoms with E-state index >= 15 is 0 Å². The molecule has 1 aromatic rings. The number of allylic oxidation sites excluding steroid dienone is 2. The van der Waals surface area contributed by atoms with Gasteiger partial charge in [-0.15, -0.1) is 0 Å². The van der Waals surface area contributed by atoms with Gasteiger partial charge in [0.05, 0.1) is 21.3 Å². The summed E-state index contributed by atoms with van der Waals surface area (Å²) in [5, 5.41) is 0.152. The molecule has 1 aliphatic heterocycles. The van der Waals surface area contributed by atoms with Gasteiger partial charge in [0.25, 0.3) is 0 Å². The normalized spacial score (nSPS) is 21.9. The van der Waals surface area contributed by atoms with Gasteiger partial charge in [-0.1, -0.05) is 11.6 Å². The molecule has 2 aliphatic rings. The summed E-state index contributed by atoms with van der Waals surface area (Å²) >= 11 is 6.31. The first kappa shape index (κ1) is 16.4. The average Bonchev–Trinajstić information content (AvgIpc) is 2.87. The van der Waals surface area contributed by atoms with Gasteiger partial charge < -0.3 is 18.9 Å². The summed E-state index contributed by atoms with van der Waals surface area (Å²) in [6, 6.07) is 1.52. The number of Topliss-reactive ketones (excluding diaryl/α,β-unsaturated/α-hetero) is 1. The van der Waals surface area contributed by atoms with Crippen molar-refractivity contribution in [2.75, 3.05) is 21.3 Å². The van der Waals surface area contributed by atoms with E-state index in [4.69, 9.17) is 30.5 Å². The highest BCUT2D eigenvalue weighted by atomic mass is 35.5. The number of rotatable bonds is 3. The van der Waals surface area contributed by atoms with E-state index < -0.39 is 11.4 Å².